The first-order chi connectivity index (χ1) is 10.2. The van der Waals surface area contributed by atoms with Crippen LogP contribution in [-0.2, 0) is 11.3 Å². The van der Waals surface area contributed by atoms with Gasteiger partial charge in [0.1, 0.15) is 17.3 Å². The molecule has 0 spiro atoms. The Balaban J connectivity index is 1.61. The normalized spacial score (nSPS) is 18.3. The van der Waals surface area contributed by atoms with Crippen LogP contribution < -0.4 is 5.32 Å². The SMILES string of the molecule is Cc1c(F)cccc1-c1ccc(CNCC2CCCO2)o1. The number of ether oxygens (including phenoxy) is 1. The Hall–Kier alpha value is -1.65. The molecule has 0 amide bonds. The molecular weight excluding hydrogens is 269 g/mol. The van der Waals surface area contributed by atoms with Crippen molar-refractivity contribution >= 4 is 0 Å². The first kappa shape index (κ1) is 14.3. The second-order valence-corrected chi connectivity index (χ2v) is 5.44. The fourth-order valence-corrected chi connectivity index (χ4v) is 2.65. The van der Waals surface area contributed by atoms with Crippen molar-refractivity contribution in [2.75, 3.05) is 13.2 Å². The molecule has 1 aliphatic heterocycles. The fourth-order valence-electron chi connectivity index (χ4n) is 2.65. The molecule has 1 fully saturated rings. The summed E-state index contributed by atoms with van der Waals surface area (Å²) in [6, 6.07) is 8.87. The summed E-state index contributed by atoms with van der Waals surface area (Å²) in [5.41, 5.74) is 1.42. The second-order valence-electron chi connectivity index (χ2n) is 5.44. The minimum atomic E-state index is -0.207. The van der Waals surface area contributed by atoms with E-state index in [1.165, 1.54) is 6.07 Å². The highest BCUT2D eigenvalue weighted by molar-refractivity contribution is 5.62. The van der Waals surface area contributed by atoms with Gasteiger partial charge in [-0.25, -0.2) is 4.39 Å². The van der Waals surface area contributed by atoms with Crippen LogP contribution in [0.1, 0.15) is 24.2 Å². The molecule has 112 valence electrons. The van der Waals surface area contributed by atoms with Crippen molar-refractivity contribution < 1.29 is 13.5 Å². The van der Waals surface area contributed by atoms with Crippen molar-refractivity contribution in [3.63, 3.8) is 0 Å². The van der Waals surface area contributed by atoms with Gasteiger partial charge in [0, 0.05) is 18.7 Å². The molecule has 1 N–H and O–H groups in total. The highest BCUT2D eigenvalue weighted by Crippen LogP contribution is 2.26. The predicted octanol–water partition coefficient (Wildman–Crippen LogP) is 3.66. The lowest BCUT2D eigenvalue weighted by atomic mass is 10.1. The minimum absolute atomic E-state index is 0.207. The van der Waals surface area contributed by atoms with E-state index in [-0.39, 0.29) is 5.82 Å². The number of nitrogens with one attached hydrogen (secondary N) is 1. The van der Waals surface area contributed by atoms with Crippen molar-refractivity contribution in [2.45, 2.75) is 32.4 Å². The van der Waals surface area contributed by atoms with E-state index in [0.717, 1.165) is 37.3 Å². The Morgan fingerprint density at radius 2 is 2.19 bits per heavy atom. The van der Waals surface area contributed by atoms with E-state index in [4.69, 9.17) is 9.15 Å². The molecule has 1 atom stereocenters. The smallest absolute Gasteiger partial charge is 0.134 e. The van der Waals surface area contributed by atoms with Gasteiger partial charge in [0.15, 0.2) is 0 Å². The Bertz CT molecular complexity index is 603. The van der Waals surface area contributed by atoms with E-state index < -0.39 is 0 Å². The zero-order valence-electron chi connectivity index (χ0n) is 12.2. The summed E-state index contributed by atoms with van der Waals surface area (Å²) >= 11 is 0. The third kappa shape index (κ3) is 3.34. The number of benzene rings is 1. The van der Waals surface area contributed by atoms with Crippen LogP contribution >= 0.6 is 0 Å². The van der Waals surface area contributed by atoms with Gasteiger partial charge in [-0.3, -0.25) is 0 Å². The first-order valence-corrected chi connectivity index (χ1v) is 7.40. The molecular formula is C17H20FNO2. The third-order valence-electron chi connectivity index (χ3n) is 3.89. The quantitative estimate of drug-likeness (QED) is 0.912. The number of furan rings is 1. The van der Waals surface area contributed by atoms with Gasteiger partial charge in [-0.2, -0.15) is 0 Å². The number of halogens is 1. The van der Waals surface area contributed by atoms with E-state index in [0.29, 0.717) is 24.0 Å². The Morgan fingerprint density at radius 3 is 3.00 bits per heavy atom. The average molecular weight is 289 g/mol. The van der Waals surface area contributed by atoms with Gasteiger partial charge in [0.05, 0.1) is 12.6 Å². The van der Waals surface area contributed by atoms with Gasteiger partial charge >= 0.3 is 0 Å². The van der Waals surface area contributed by atoms with Gasteiger partial charge in [-0.1, -0.05) is 12.1 Å². The summed E-state index contributed by atoms with van der Waals surface area (Å²) in [6.45, 7) is 4.14. The summed E-state index contributed by atoms with van der Waals surface area (Å²) in [4.78, 5) is 0. The van der Waals surface area contributed by atoms with Crippen molar-refractivity contribution in [3.05, 3.63) is 47.5 Å². The zero-order chi connectivity index (χ0) is 14.7. The van der Waals surface area contributed by atoms with Crippen molar-refractivity contribution in [1.82, 2.24) is 5.32 Å². The molecule has 1 aromatic heterocycles. The van der Waals surface area contributed by atoms with Crippen LogP contribution in [0.2, 0.25) is 0 Å². The largest absolute Gasteiger partial charge is 0.460 e. The molecule has 1 saturated heterocycles. The minimum Gasteiger partial charge on any atom is -0.460 e. The second kappa shape index (κ2) is 6.41. The van der Waals surface area contributed by atoms with Gasteiger partial charge in [0.25, 0.3) is 0 Å². The first-order valence-electron chi connectivity index (χ1n) is 7.40. The summed E-state index contributed by atoms with van der Waals surface area (Å²) in [7, 11) is 0. The molecule has 21 heavy (non-hydrogen) atoms. The topological polar surface area (TPSA) is 34.4 Å². The monoisotopic (exact) mass is 289 g/mol. The van der Waals surface area contributed by atoms with Crippen molar-refractivity contribution in [1.29, 1.82) is 0 Å². The predicted molar refractivity (Wildman–Crippen MR) is 79.5 cm³/mol. The van der Waals surface area contributed by atoms with Gasteiger partial charge < -0.3 is 14.5 Å². The lowest BCUT2D eigenvalue weighted by molar-refractivity contribution is 0.109. The molecule has 3 nitrogen and oxygen atoms in total. The maximum absolute atomic E-state index is 13.6. The molecule has 2 aromatic rings. The Labute approximate surface area is 124 Å². The van der Waals surface area contributed by atoms with E-state index >= 15 is 0 Å². The third-order valence-corrected chi connectivity index (χ3v) is 3.89. The summed E-state index contributed by atoms with van der Waals surface area (Å²) in [6.07, 6.45) is 2.60. The maximum Gasteiger partial charge on any atom is 0.134 e. The molecule has 0 saturated carbocycles. The molecule has 1 aromatic carbocycles. The number of hydrogen-bond acceptors (Lipinski definition) is 3. The summed E-state index contributed by atoms with van der Waals surface area (Å²) in [5, 5.41) is 3.34. The van der Waals surface area contributed by atoms with Crippen LogP contribution in [0, 0.1) is 12.7 Å². The van der Waals surface area contributed by atoms with Crippen LogP contribution in [0.5, 0.6) is 0 Å². The highest BCUT2D eigenvalue weighted by Gasteiger charge is 2.15. The van der Waals surface area contributed by atoms with E-state index in [9.17, 15) is 4.39 Å². The van der Waals surface area contributed by atoms with Crippen molar-refractivity contribution in [2.24, 2.45) is 0 Å². The molecule has 0 bridgehead atoms. The lowest BCUT2D eigenvalue weighted by Crippen LogP contribution is -2.25. The van der Waals surface area contributed by atoms with Gasteiger partial charge in [-0.05, 0) is 43.5 Å². The molecule has 2 heterocycles. The summed E-state index contributed by atoms with van der Waals surface area (Å²) < 4.78 is 24.9. The van der Waals surface area contributed by atoms with Crippen LogP contribution in [0.25, 0.3) is 11.3 Å². The molecule has 4 heteroatoms. The van der Waals surface area contributed by atoms with Gasteiger partial charge in [-0.15, -0.1) is 0 Å². The van der Waals surface area contributed by atoms with E-state index in [1.54, 1.807) is 13.0 Å². The molecule has 1 aliphatic rings. The summed E-state index contributed by atoms with van der Waals surface area (Å²) in [5.74, 6) is 1.36. The standard InChI is InChI=1S/C17H20FNO2/c1-12-15(5-2-6-16(12)18)17-8-7-14(21-17)11-19-10-13-4-3-9-20-13/h2,5-8,13,19H,3-4,9-11H2,1H3. The van der Waals surface area contributed by atoms with Crippen molar-refractivity contribution in [3.8, 4) is 11.3 Å². The Morgan fingerprint density at radius 1 is 1.29 bits per heavy atom. The van der Waals surface area contributed by atoms with E-state index in [1.807, 2.05) is 18.2 Å². The maximum atomic E-state index is 13.6. The molecule has 1 unspecified atom stereocenters. The zero-order valence-corrected chi connectivity index (χ0v) is 12.2. The molecule has 0 radical (unpaired) electrons. The number of hydrogen-bond donors (Lipinski definition) is 1. The van der Waals surface area contributed by atoms with Crippen LogP contribution in [0.15, 0.2) is 34.7 Å². The average Bonchev–Trinajstić information content (AvgIpc) is 3.14. The Kier molecular flexibility index (Phi) is 4.36. The van der Waals surface area contributed by atoms with E-state index in [2.05, 4.69) is 5.32 Å². The van der Waals surface area contributed by atoms with Gasteiger partial charge in [0.2, 0.25) is 0 Å². The lowest BCUT2D eigenvalue weighted by Gasteiger charge is -2.09. The fraction of sp³-hybridized carbons (Fsp3) is 0.412. The number of rotatable bonds is 5. The van der Waals surface area contributed by atoms with Crippen LogP contribution in [0.4, 0.5) is 4.39 Å². The van der Waals surface area contributed by atoms with Crippen LogP contribution in [-0.4, -0.2) is 19.3 Å². The highest BCUT2D eigenvalue weighted by atomic mass is 19.1. The molecule has 0 aliphatic carbocycles. The molecule has 3 rings (SSSR count). The van der Waals surface area contributed by atoms with Crippen LogP contribution in [0.3, 0.4) is 0 Å².